The van der Waals surface area contributed by atoms with E-state index in [1.165, 1.54) is 0 Å². The van der Waals surface area contributed by atoms with Crippen molar-refractivity contribution in [3.8, 4) is 0 Å². The molecular formula is C8H13ClO4. The van der Waals surface area contributed by atoms with Crippen LogP contribution in [-0.4, -0.2) is 18.2 Å². The average molecular weight is 209 g/mol. The Morgan fingerprint density at radius 2 is 1.92 bits per heavy atom. The van der Waals surface area contributed by atoms with E-state index >= 15 is 0 Å². The molecule has 5 heteroatoms. The van der Waals surface area contributed by atoms with Crippen LogP contribution in [0.2, 0.25) is 0 Å². The second kappa shape index (κ2) is 7.86. The Bertz CT molecular complexity index is 170. The van der Waals surface area contributed by atoms with E-state index in [-0.39, 0.29) is 5.97 Å². The zero-order valence-electron chi connectivity index (χ0n) is 7.55. The molecule has 0 heterocycles. The Labute approximate surface area is 82.1 Å². The number of carbonyl (C=O) groups is 2. The molecule has 0 atom stereocenters. The van der Waals surface area contributed by atoms with E-state index in [4.69, 9.17) is 11.6 Å². The zero-order valence-corrected chi connectivity index (χ0v) is 8.30. The first-order chi connectivity index (χ1) is 6.16. The lowest BCUT2D eigenvalue weighted by Crippen LogP contribution is -2.08. The summed E-state index contributed by atoms with van der Waals surface area (Å²) in [5.74, 6) is -0.369. The summed E-state index contributed by atoms with van der Waals surface area (Å²) in [5, 5.41) is 0. The number of ether oxygens (including phenoxy) is 2. The van der Waals surface area contributed by atoms with Crippen molar-refractivity contribution in [2.45, 2.75) is 32.6 Å². The SMILES string of the molecule is CCCCCC(=O)OCOC(=O)Cl. The molecule has 0 saturated carbocycles. The Morgan fingerprint density at radius 1 is 1.23 bits per heavy atom. The number of hydrogen-bond acceptors (Lipinski definition) is 4. The number of esters is 1. The fourth-order valence-corrected chi connectivity index (χ4v) is 0.778. The van der Waals surface area contributed by atoms with Gasteiger partial charge in [-0.05, 0) is 6.42 Å². The number of halogens is 1. The van der Waals surface area contributed by atoms with Crippen LogP contribution in [0.3, 0.4) is 0 Å². The van der Waals surface area contributed by atoms with Gasteiger partial charge in [0.25, 0.3) is 0 Å². The minimum Gasteiger partial charge on any atom is -0.428 e. The van der Waals surface area contributed by atoms with Gasteiger partial charge in [-0.25, -0.2) is 4.79 Å². The maximum atomic E-state index is 10.8. The van der Waals surface area contributed by atoms with Crippen molar-refractivity contribution < 1.29 is 19.1 Å². The average Bonchev–Trinajstić information content (AvgIpc) is 2.04. The Kier molecular flexibility index (Phi) is 7.39. The van der Waals surface area contributed by atoms with Gasteiger partial charge in [0.15, 0.2) is 0 Å². The molecule has 76 valence electrons. The fraction of sp³-hybridized carbons (Fsp3) is 0.750. The highest BCUT2D eigenvalue weighted by Crippen LogP contribution is 2.00. The number of carbonyl (C=O) groups excluding carboxylic acids is 2. The van der Waals surface area contributed by atoms with Crippen molar-refractivity contribution in [1.29, 1.82) is 0 Å². The quantitative estimate of drug-likeness (QED) is 0.291. The molecule has 0 aromatic rings. The Hall–Kier alpha value is -0.770. The summed E-state index contributed by atoms with van der Waals surface area (Å²) in [6, 6.07) is 0. The van der Waals surface area contributed by atoms with Crippen molar-refractivity contribution in [3.05, 3.63) is 0 Å². The van der Waals surface area contributed by atoms with Crippen molar-refractivity contribution in [3.63, 3.8) is 0 Å². The van der Waals surface area contributed by atoms with Crippen LogP contribution in [0.15, 0.2) is 0 Å². The minimum absolute atomic E-state index is 0.355. The molecule has 0 saturated heterocycles. The summed E-state index contributed by atoms with van der Waals surface area (Å²) >= 11 is 4.84. The van der Waals surface area contributed by atoms with Crippen LogP contribution in [0.5, 0.6) is 0 Å². The first kappa shape index (κ1) is 12.2. The van der Waals surface area contributed by atoms with Crippen LogP contribution in [0.4, 0.5) is 4.79 Å². The van der Waals surface area contributed by atoms with Gasteiger partial charge in [0.05, 0.1) is 0 Å². The van der Waals surface area contributed by atoms with E-state index < -0.39 is 12.2 Å². The molecule has 0 aromatic heterocycles. The fourth-order valence-electron chi connectivity index (χ4n) is 0.733. The molecule has 0 rings (SSSR count). The smallest absolute Gasteiger partial charge is 0.406 e. The van der Waals surface area contributed by atoms with Crippen LogP contribution < -0.4 is 0 Å². The predicted molar refractivity (Wildman–Crippen MR) is 47.4 cm³/mol. The van der Waals surface area contributed by atoms with E-state index in [2.05, 4.69) is 9.47 Å². The van der Waals surface area contributed by atoms with Crippen molar-refractivity contribution in [2.24, 2.45) is 0 Å². The maximum absolute atomic E-state index is 10.8. The Balaban J connectivity index is 3.25. The first-order valence-corrected chi connectivity index (χ1v) is 4.52. The van der Waals surface area contributed by atoms with Crippen LogP contribution in [0.25, 0.3) is 0 Å². The summed E-state index contributed by atoms with van der Waals surface area (Å²) < 4.78 is 8.74. The third kappa shape index (κ3) is 9.14. The van der Waals surface area contributed by atoms with Crippen LogP contribution >= 0.6 is 11.6 Å². The second-order valence-corrected chi connectivity index (χ2v) is 2.78. The van der Waals surface area contributed by atoms with Gasteiger partial charge in [-0.2, -0.15) is 0 Å². The standard InChI is InChI=1S/C8H13ClO4/c1-2-3-4-5-7(10)12-6-13-8(9)11/h2-6H2,1H3. The van der Waals surface area contributed by atoms with Crippen molar-refractivity contribution in [2.75, 3.05) is 6.79 Å². The van der Waals surface area contributed by atoms with Gasteiger partial charge in [0, 0.05) is 18.0 Å². The highest BCUT2D eigenvalue weighted by Gasteiger charge is 2.02. The zero-order chi connectivity index (χ0) is 10.1. The number of hydrogen-bond donors (Lipinski definition) is 0. The van der Waals surface area contributed by atoms with Crippen molar-refractivity contribution >= 4 is 23.0 Å². The normalized spacial score (nSPS) is 9.38. The monoisotopic (exact) mass is 208 g/mol. The van der Waals surface area contributed by atoms with E-state index in [1.807, 2.05) is 6.92 Å². The molecular weight excluding hydrogens is 196 g/mol. The molecule has 0 aromatic carbocycles. The van der Waals surface area contributed by atoms with Crippen LogP contribution in [-0.2, 0) is 14.3 Å². The van der Waals surface area contributed by atoms with Crippen LogP contribution in [0, 0.1) is 0 Å². The molecule has 0 N–H and O–H groups in total. The summed E-state index contributed by atoms with van der Waals surface area (Å²) in [6.45, 7) is 1.65. The molecule has 0 unspecified atom stereocenters. The molecule has 0 bridgehead atoms. The van der Waals surface area contributed by atoms with E-state index in [0.29, 0.717) is 6.42 Å². The lowest BCUT2D eigenvalue weighted by molar-refractivity contribution is -0.151. The second-order valence-electron chi connectivity index (χ2n) is 2.47. The van der Waals surface area contributed by atoms with Gasteiger partial charge in [0.2, 0.25) is 6.79 Å². The summed E-state index contributed by atoms with van der Waals surface area (Å²) in [4.78, 5) is 20.9. The lowest BCUT2D eigenvalue weighted by atomic mass is 10.2. The summed E-state index contributed by atoms with van der Waals surface area (Å²) in [6.07, 6.45) is 3.19. The number of unbranched alkanes of at least 4 members (excludes halogenated alkanes) is 2. The molecule has 0 fully saturated rings. The summed E-state index contributed by atoms with van der Waals surface area (Å²) in [7, 11) is 0. The lowest BCUT2D eigenvalue weighted by Gasteiger charge is -2.02. The Morgan fingerprint density at radius 3 is 2.46 bits per heavy atom. The molecule has 4 nitrogen and oxygen atoms in total. The highest BCUT2D eigenvalue weighted by atomic mass is 35.5. The van der Waals surface area contributed by atoms with Gasteiger partial charge in [-0.15, -0.1) is 0 Å². The van der Waals surface area contributed by atoms with E-state index in [9.17, 15) is 9.59 Å². The molecule has 0 amide bonds. The molecule has 0 aliphatic heterocycles. The van der Waals surface area contributed by atoms with Crippen molar-refractivity contribution in [1.82, 2.24) is 0 Å². The molecule has 0 spiro atoms. The van der Waals surface area contributed by atoms with Crippen LogP contribution in [0.1, 0.15) is 32.6 Å². The largest absolute Gasteiger partial charge is 0.428 e. The van der Waals surface area contributed by atoms with Gasteiger partial charge in [-0.3, -0.25) is 4.79 Å². The van der Waals surface area contributed by atoms with Gasteiger partial charge >= 0.3 is 11.4 Å². The van der Waals surface area contributed by atoms with Gasteiger partial charge < -0.3 is 9.47 Å². The predicted octanol–water partition coefficient (Wildman–Crippen LogP) is 2.44. The first-order valence-electron chi connectivity index (χ1n) is 4.14. The third-order valence-electron chi connectivity index (χ3n) is 1.38. The van der Waals surface area contributed by atoms with Gasteiger partial charge in [0.1, 0.15) is 0 Å². The summed E-state index contributed by atoms with van der Waals surface area (Å²) in [5.41, 5.74) is -0.971. The van der Waals surface area contributed by atoms with Gasteiger partial charge in [-0.1, -0.05) is 19.8 Å². The van der Waals surface area contributed by atoms with E-state index in [0.717, 1.165) is 19.3 Å². The third-order valence-corrected chi connectivity index (χ3v) is 1.49. The maximum Gasteiger partial charge on any atom is 0.406 e. The molecule has 13 heavy (non-hydrogen) atoms. The number of rotatable bonds is 6. The van der Waals surface area contributed by atoms with E-state index in [1.54, 1.807) is 0 Å². The highest BCUT2D eigenvalue weighted by molar-refractivity contribution is 6.61. The molecule has 0 aliphatic carbocycles. The minimum atomic E-state index is -0.971. The molecule has 0 aliphatic rings. The topological polar surface area (TPSA) is 52.6 Å². The molecule has 0 radical (unpaired) electrons.